The Balaban J connectivity index is 0.000000171. The molecule has 0 unspecified atom stereocenters. The van der Waals surface area contributed by atoms with E-state index < -0.39 is 0 Å². The number of carbonyl (C=O) groups excluding carboxylic acids is 2. The topological polar surface area (TPSA) is 131 Å². The van der Waals surface area contributed by atoms with Crippen LogP contribution in [0.15, 0.2) is 103 Å². The van der Waals surface area contributed by atoms with Crippen LogP contribution < -0.4 is 16.0 Å². The maximum Gasteiger partial charge on any atom is 0.245 e. The fourth-order valence-electron chi connectivity index (χ4n) is 4.21. The first kappa shape index (κ1) is 29.6. The zero-order chi connectivity index (χ0) is 30.0. The van der Waals surface area contributed by atoms with Gasteiger partial charge in [-0.05, 0) is 54.1 Å². The van der Waals surface area contributed by atoms with E-state index in [1.165, 1.54) is 0 Å². The molecule has 5 N–H and O–H groups in total. The summed E-state index contributed by atoms with van der Waals surface area (Å²) < 4.78 is 0. The standard InChI is InChI=1S/C16H15ClN4O.C15H13ClN4O/c17-12-6-7-13-14(8-12)20-21-16(13)19-15(22)10-18-9-11-4-2-1-3-5-11;16-11-5-6-12-13(9-11)18-19-15(12)17-14(21)10-20-7-3-1-2-4-8-20/h1-8,18H,9-10H2,(H2,19,20,21,22);1-9H,10H2,(H2,17,18,19,21). The first-order valence-electron chi connectivity index (χ1n) is 13.3. The second-order valence-electron chi connectivity index (χ2n) is 9.45. The molecule has 0 radical (unpaired) electrons. The van der Waals surface area contributed by atoms with Crippen molar-refractivity contribution in [2.75, 3.05) is 23.7 Å². The van der Waals surface area contributed by atoms with Crippen LogP contribution >= 0.6 is 23.2 Å². The normalized spacial score (nSPS) is 12.2. The number of anilines is 2. The highest BCUT2D eigenvalue weighted by Crippen LogP contribution is 2.24. The lowest BCUT2D eigenvalue weighted by molar-refractivity contribution is -0.116. The Hall–Kier alpha value is -4.90. The molecule has 0 fully saturated rings. The molecule has 0 saturated heterocycles. The van der Waals surface area contributed by atoms with Crippen LogP contribution in [-0.4, -0.2) is 50.2 Å². The Morgan fingerprint density at radius 1 is 0.721 bits per heavy atom. The van der Waals surface area contributed by atoms with E-state index in [0.29, 0.717) is 28.2 Å². The minimum absolute atomic E-state index is 0.140. The number of aromatic nitrogens is 4. The number of amides is 2. The monoisotopic (exact) mass is 614 g/mol. The number of rotatable bonds is 8. The van der Waals surface area contributed by atoms with Crippen LogP contribution in [0.2, 0.25) is 10.0 Å². The lowest BCUT2D eigenvalue weighted by Gasteiger charge is -2.13. The smallest absolute Gasteiger partial charge is 0.245 e. The molecule has 2 amide bonds. The molecule has 218 valence electrons. The quantitative estimate of drug-likeness (QED) is 0.146. The Labute approximate surface area is 257 Å². The summed E-state index contributed by atoms with van der Waals surface area (Å²) in [5.41, 5.74) is 2.71. The fraction of sp³-hybridized carbons (Fsp3) is 0.0968. The number of allylic oxidation sites excluding steroid dienone is 4. The molecule has 1 aliphatic rings. The predicted octanol–water partition coefficient (Wildman–Crippen LogP) is 6.00. The molecule has 0 aliphatic carbocycles. The van der Waals surface area contributed by atoms with Gasteiger partial charge >= 0.3 is 0 Å². The van der Waals surface area contributed by atoms with E-state index in [1.807, 2.05) is 79.2 Å². The molecule has 6 rings (SSSR count). The van der Waals surface area contributed by atoms with E-state index in [9.17, 15) is 9.59 Å². The van der Waals surface area contributed by atoms with E-state index in [4.69, 9.17) is 23.2 Å². The maximum atomic E-state index is 12.1. The molecule has 0 bridgehead atoms. The average molecular weight is 616 g/mol. The van der Waals surface area contributed by atoms with Crippen molar-refractivity contribution in [3.8, 4) is 0 Å². The van der Waals surface area contributed by atoms with Crippen molar-refractivity contribution in [2.24, 2.45) is 0 Å². The van der Waals surface area contributed by atoms with Crippen molar-refractivity contribution >= 4 is 68.5 Å². The Kier molecular flexibility index (Phi) is 9.86. The second-order valence-corrected chi connectivity index (χ2v) is 10.3. The van der Waals surface area contributed by atoms with Gasteiger partial charge in [0, 0.05) is 39.8 Å². The largest absolute Gasteiger partial charge is 0.345 e. The number of H-pyrrole nitrogens is 2. The maximum absolute atomic E-state index is 12.1. The summed E-state index contributed by atoms with van der Waals surface area (Å²) in [5, 5.41) is 25.5. The predicted molar refractivity (Wildman–Crippen MR) is 172 cm³/mol. The zero-order valence-electron chi connectivity index (χ0n) is 22.9. The summed E-state index contributed by atoms with van der Waals surface area (Å²) in [5.74, 6) is 0.736. The highest BCUT2D eigenvalue weighted by Gasteiger charge is 2.12. The first-order valence-corrected chi connectivity index (χ1v) is 14.1. The average Bonchev–Trinajstić information content (AvgIpc) is 3.47. The second kappa shape index (κ2) is 14.3. The van der Waals surface area contributed by atoms with Crippen LogP contribution in [0, 0.1) is 0 Å². The van der Waals surface area contributed by atoms with Crippen molar-refractivity contribution in [1.82, 2.24) is 30.6 Å². The highest BCUT2D eigenvalue weighted by molar-refractivity contribution is 6.31. The summed E-state index contributed by atoms with van der Waals surface area (Å²) in [6.45, 7) is 1.08. The number of hydrogen-bond donors (Lipinski definition) is 5. The lowest BCUT2D eigenvalue weighted by atomic mass is 10.2. The van der Waals surface area contributed by atoms with E-state index >= 15 is 0 Å². The number of hydrogen-bond acceptors (Lipinski definition) is 6. The number of halogens is 2. The van der Waals surface area contributed by atoms with Crippen LogP contribution in [0.3, 0.4) is 0 Å². The van der Waals surface area contributed by atoms with Crippen molar-refractivity contribution in [3.63, 3.8) is 0 Å². The summed E-state index contributed by atoms with van der Waals surface area (Å²) in [7, 11) is 0. The van der Waals surface area contributed by atoms with Gasteiger partial charge in [-0.3, -0.25) is 19.8 Å². The molecule has 43 heavy (non-hydrogen) atoms. The minimum atomic E-state index is -0.144. The van der Waals surface area contributed by atoms with Crippen molar-refractivity contribution in [1.29, 1.82) is 0 Å². The van der Waals surface area contributed by atoms with Gasteiger partial charge < -0.3 is 20.9 Å². The van der Waals surface area contributed by atoms with Gasteiger partial charge in [0.15, 0.2) is 11.6 Å². The third-order valence-electron chi connectivity index (χ3n) is 6.24. The van der Waals surface area contributed by atoms with Gasteiger partial charge in [-0.15, -0.1) is 0 Å². The number of benzene rings is 3. The molecule has 5 aromatic rings. The van der Waals surface area contributed by atoms with Crippen LogP contribution in [-0.2, 0) is 16.1 Å². The van der Waals surface area contributed by atoms with Gasteiger partial charge in [-0.2, -0.15) is 10.2 Å². The number of aromatic amines is 2. The van der Waals surface area contributed by atoms with Crippen LogP contribution in [0.1, 0.15) is 5.56 Å². The third kappa shape index (κ3) is 8.32. The Bertz CT molecular complexity index is 1790. The summed E-state index contributed by atoms with van der Waals surface area (Å²) in [4.78, 5) is 25.8. The number of nitrogens with one attached hydrogen (secondary N) is 5. The van der Waals surface area contributed by atoms with Gasteiger partial charge in [0.05, 0.1) is 17.6 Å². The molecule has 1 aliphatic heterocycles. The minimum Gasteiger partial charge on any atom is -0.345 e. The van der Waals surface area contributed by atoms with E-state index in [1.54, 1.807) is 29.2 Å². The van der Waals surface area contributed by atoms with Crippen LogP contribution in [0.5, 0.6) is 0 Å². The molecule has 3 aromatic carbocycles. The Morgan fingerprint density at radius 2 is 1.28 bits per heavy atom. The fourth-order valence-corrected chi connectivity index (χ4v) is 4.55. The summed E-state index contributed by atoms with van der Waals surface area (Å²) in [6, 6.07) is 20.6. The van der Waals surface area contributed by atoms with E-state index in [2.05, 4.69) is 36.3 Å². The van der Waals surface area contributed by atoms with Gasteiger partial charge in [-0.25, -0.2) is 0 Å². The van der Waals surface area contributed by atoms with E-state index in [0.717, 1.165) is 27.4 Å². The summed E-state index contributed by atoms with van der Waals surface area (Å²) in [6.07, 6.45) is 11.2. The number of carbonyl (C=O) groups is 2. The van der Waals surface area contributed by atoms with E-state index in [-0.39, 0.29) is 24.9 Å². The Morgan fingerprint density at radius 3 is 1.86 bits per heavy atom. The summed E-state index contributed by atoms with van der Waals surface area (Å²) >= 11 is 11.8. The SMILES string of the molecule is O=C(CN1C=CC=CC=C1)Nc1n[nH]c2cc(Cl)ccc12.O=C(CNCc1ccccc1)Nc1n[nH]c2cc(Cl)ccc12. The van der Waals surface area contributed by atoms with Gasteiger partial charge in [0.1, 0.15) is 6.54 Å². The molecule has 12 heteroatoms. The first-order chi connectivity index (χ1) is 20.9. The van der Waals surface area contributed by atoms with Crippen molar-refractivity contribution < 1.29 is 9.59 Å². The number of fused-ring (bicyclic) bond motifs is 2. The van der Waals surface area contributed by atoms with Gasteiger partial charge in [0.2, 0.25) is 11.8 Å². The number of nitrogens with zero attached hydrogens (tertiary/aromatic N) is 3. The molecule has 10 nitrogen and oxygen atoms in total. The van der Waals surface area contributed by atoms with Gasteiger partial charge in [0.25, 0.3) is 0 Å². The van der Waals surface area contributed by atoms with Crippen LogP contribution in [0.4, 0.5) is 11.6 Å². The van der Waals surface area contributed by atoms with Crippen LogP contribution in [0.25, 0.3) is 21.8 Å². The zero-order valence-corrected chi connectivity index (χ0v) is 24.4. The molecule has 2 aromatic heterocycles. The molecule has 0 spiro atoms. The van der Waals surface area contributed by atoms with Crippen molar-refractivity contribution in [2.45, 2.75) is 6.54 Å². The molecule has 0 atom stereocenters. The highest BCUT2D eigenvalue weighted by atomic mass is 35.5. The third-order valence-corrected chi connectivity index (χ3v) is 6.71. The molecule has 0 saturated carbocycles. The lowest BCUT2D eigenvalue weighted by Crippen LogP contribution is -2.27. The van der Waals surface area contributed by atoms with Gasteiger partial charge in [-0.1, -0.05) is 65.7 Å². The molecular formula is C31H28Cl2N8O2. The molecule has 3 heterocycles. The van der Waals surface area contributed by atoms with Crippen molar-refractivity contribution in [3.05, 3.63) is 119 Å². The molecular weight excluding hydrogens is 587 g/mol.